The molecule has 1 aliphatic rings. The Morgan fingerprint density at radius 3 is 2.45 bits per heavy atom. The van der Waals surface area contributed by atoms with Gasteiger partial charge in [-0.05, 0) is 49.9 Å². The van der Waals surface area contributed by atoms with Crippen LogP contribution < -0.4 is 10.5 Å². The van der Waals surface area contributed by atoms with Gasteiger partial charge in [-0.3, -0.25) is 0 Å². The normalized spacial score (nSPS) is 23.5. The van der Waals surface area contributed by atoms with E-state index in [4.69, 9.17) is 10.5 Å². The topological polar surface area (TPSA) is 69.4 Å². The maximum atomic E-state index is 11.9. The molecule has 0 aromatic heterocycles. The van der Waals surface area contributed by atoms with Gasteiger partial charge in [0.25, 0.3) is 0 Å². The molecule has 4 nitrogen and oxygen atoms in total. The van der Waals surface area contributed by atoms with Gasteiger partial charge in [-0.1, -0.05) is 13.3 Å². The van der Waals surface area contributed by atoms with Gasteiger partial charge >= 0.3 is 0 Å². The highest BCUT2D eigenvalue weighted by Crippen LogP contribution is 2.24. The molecule has 0 bridgehead atoms. The minimum absolute atomic E-state index is 0.0434. The maximum Gasteiger partial charge on any atom is 0.178 e. The van der Waals surface area contributed by atoms with Crippen LogP contribution in [0, 0.1) is 0 Å². The van der Waals surface area contributed by atoms with Crippen molar-refractivity contribution in [1.29, 1.82) is 0 Å². The monoisotopic (exact) mass is 297 g/mol. The molecule has 0 amide bonds. The smallest absolute Gasteiger partial charge is 0.178 e. The van der Waals surface area contributed by atoms with Gasteiger partial charge in [-0.25, -0.2) is 8.42 Å². The SMILES string of the molecule is CCCS(=O)(=O)c1ccc(OC2CCCCC2N)cc1. The lowest BCUT2D eigenvalue weighted by atomic mass is 9.93. The molecular weight excluding hydrogens is 274 g/mol. The molecule has 1 fully saturated rings. The van der Waals surface area contributed by atoms with Gasteiger partial charge in [0.2, 0.25) is 0 Å². The van der Waals surface area contributed by atoms with E-state index >= 15 is 0 Å². The summed E-state index contributed by atoms with van der Waals surface area (Å²) in [7, 11) is -3.15. The fourth-order valence-corrected chi connectivity index (χ4v) is 3.88. The first-order chi connectivity index (χ1) is 9.53. The van der Waals surface area contributed by atoms with Crippen molar-refractivity contribution < 1.29 is 13.2 Å². The molecule has 0 heterocycles. The first-order valence-corrected chi connectivity index (χ1v) is 8.93. The van der Waals surface area contributed by atoms with E-state index in [1.165, 1.54) is 0 Å². The van der Waals surface area contributed by atoms with Crippen LogP contribution in [0.1, 0.15) is 39.0 Å². The van der Waals surface area contributed by atoms with Gasteiger partial charge in [0, 0.05) is 6.04 Å². The number of sulfone groups is 1. The molecule has 2 unspecified atom stereocenters. The van der Waals surface area contributed by atoms with Crippen LogP contribution in [-0.2, 0) is 9.84 Å². The standard InChI is InChI=1S/C15H23NO3S/c1-2-11-20(17,18)13-9-7-12(8-10-13)19-15-6-4-3-5-14(15)16/h7-10,14-15H,2-6,11,16H2,1H3. The summed E-state index contributed by atoms with van der Waals surface area (Å²) in [5, 5.41) is 0. The van der Waals surface area contributed by atoms with Gasteiger partial charge in [0.15, 0.2) is 9.84 Å². The third-order valence-electron chi connectivity index (χ3n) is 3.70. The van der Waals surface area contributed by atoms with E-state index in [0.717, 1.165) is 25.7 Å². The van der Waals surface area contributed by atoms with Crippen molar-refractivity contribution in [3.05, 3.63) is 24.3 Å². The molecule has 1 aromatic rings. The minimum atomic E-state index is -3.15. The zero-order valence-electron chi connectivity index (χ0n) is 11.9. The Labute approximate surface area is 121 Å². The summed E-state index contributed by atoms with van der Waals surface area (Å²) in [6, 6.07) is 6.77. The van der Waals surface area contributed by atoms with Crippen molar-refractivity contribution in [1.82, 2.24) is 0 Å². The van der Waals surface area contributed by atoms with Crippen molar-refractivity contribution in [2.45, 2.75) is 56.1 Å². The highest BCUT2D eigenvalue weighted by atomic mass is 32.2. The molecule has 1 saturated carbocycles. The number of rotatable bonds is 5. The fraction of sp³-hybridized carbons (Fsp3) is 0.600. The van der Waals surface area contributed by atoms with Crippen LogP contribution in [0.25, 0.3) is 0 Å². The van der Waals surface area contributed by atoms with Crippen molar-refractivity contribution in [3.8, 4) is 5.75 Å². The summed E-state index contributed by atoms with van der Waals surface area (Å²) in [5.41, 5.74) is 6.04. The molecule has 2 N–H and O–H groups in total. The van der Waals surface area contributed by atoms with E-state index in [1.807, 2.05) is 6.92 Å². The van der Waals surface area contributed by atoms with Gasteiger partial charge in [0.1, 0.15) is 11.9 Å². The molecule has 112 valence electrons. The van der Waals surface area contributed by atoms with Crippen molar-refractivity contribution in [2.75, 3.05) is 5.75 Å². The van der Waals surface area contributed by atoms with Crippen LogP contribution in [0.5, 0.6) is 5.75 Å². The highest BCUT2D eigenvalue weighted by molar-refractivity contribution is 7.91. The summed E-state index contributed by atoms with van der Waals surface area (Å²) in [6.07, 6.45) is 4.93. The second-order valence-corrected chi connectivity index (χ2v) is 7.50. The Balaban J connectivity index is 2.05. The molecule has 0 saturated heterocycles. The average Bonchev–Trinajstić information content (AvgIpc) is 2.42. The van der Waals surface area contributed by atoms with E-state index < -0.39 is 9.84 Å². The number of nitrogens with two attached hydrogens (primary N) is 1. The van der Waals surface area contributed by atoms with E-state index in [1.54, 1.807) is 24.3 Å². The summed E-state index contributed by atoms with van der Waals surface area (Å²) in [6.45, 7) is 1.86. The molecule has 0 radical (unpaired) electrons. The average molecular weight is 297 g/mol. The van der Waals surface area contributed by atoms with Crippen LogP contribution >= 0.6 is 0 Å². The summed E-state index contributed by atoms with van der Waals surface area (Å²) in [5.74, 6) is 0.878. The van der Waals surface area contributed by atoms with E-state index in [-0.39, 0.29) is 17.9 Å². The van der Waals surface area contributed by atoms with E-state index in [0.29, 0.717) is 17.1 Å². The van der Waals surface area contributed by atoms with Crippen LogP contribution in [0.4, 0.5) is 0 Å². The van der Waals surface area contributed by atoms with E-state index in [9.17, 15) is 8.42 Å². The van der Waals surface area contributed by atoms with Crippen LogP contribution in [0.3, 0.4) is 0 Å². The fourth-order valence-electron chi connectivity index (χ4n) is 2.56. The first-order valence-electron chi connectivity index (χ1n) is 7.28. The minimum Gasteiger partial charge on any atom is -0.489 e. The summed E-state index contributed by atoms with van der Waals surface area (Å²) < 4.78 is 29.7. The Kier molecular flexibility index (Phi) is 5.05. The molecular formula is C15H23NO3S. The Morgan fingerprint density at radius 2 is 1.85 bits per heavy atom. The van der Waals surface area contributed by atoms with Crippen LogP contribution in [0.15, 0.2) is 29.2 Å². The highest BCUT2D eigenvalue weighted by Gasteiger charge is 2.23. The third kappa shape index (κ3) is 3.73. The van der Waals surface area contributed by atoms with Crippen LogP contribution in [0.2, 0.25) is 0 Å². The zero-order chi connectivity index (χ0) is 14.6. The lowest BCUT2D eigenvalue weighted by Gasteiger charge is -2.29. The molecule has 0 spiro atoms. The van der Waals surface area contributed by atoms with Gasteiger partial charge in [0.05, 0.1) is 10.6 Å². The van der Waals surface area contributed by atoms with Crippen molar-refractivity contribution in [2.24, 2.45) is 5.73 Å². The number of hydrogen-bond donors (Lipinski definition) is 1. The quantitative estimate of drug-likeness (QED) is 0.906. The second kappa shape index (κ2) is 6.59. The molecule has 5 heteroatoms. The maximum absolute atomic E-state index is 11.9. The number of benzene rings is 1. The molecule has 2 rings (SSSR count). The first kappa shape index (κ1) is 15.3. The summed E-state index contributed by atoms with van der Waals surface area (Å²) in [4.78, 5) is 0.361. The molecule has 2 atom stereocenters. The Morgan fingerprint density at radius 1 is 1.20 bits per heavy atom. The van der Waals surface area contributed by atoms with Gasteiger partial charge < -0.3 is 10.5 Å². The number of hydrogen-bond acceptors (Lipinski definition) is 4. The third-order valence-corrected chi connectivity index (χ3v) is 5.63. The largest absolute Gasteiger partial charge is 0.489 e. The molecule has 20 heavy (non-hydrogen) atoms. The van der Waals surface area contributed by atoms with Gasteiger partial charge in [-0.2, -0.15) is 0 Å². The molecule has 1 aromatic carbocycles. The second-order valence-electron chi connectivity index (χ2n) is 5.39. The Hall–Kier alpha value is -1.07. The van der Waals surface area contributed by atoms with E-state index in [2.05, 4.69) is 0 Å². The zero-order valence-corrected chi connectivity index (χ0v) is 12.7. The predicted octanol–water partition coefficient (Wildman–Crippen LogP) is 2.52. The predicted molar refractivity (Wildman–Crippen MR) is 79.6 cm³/mol. The summed E-state index contributed by atoms with van der Waals surface area (Å²) >= 11 is 0. The molecule has 0 aliphatic heterocycles. The number of ether oxygens (including phenoxy) is 1. The van der Waals surface area contributed by atoms with Crippen molar-refractivity contribution >= 4 is 9.84 Å². The van der Waals surface area contributed by atoms with Crippen molar-refractivity contribution in [3.63, 3.8) is 0 Å². The lowest BCUT2D eigenvalue weighted by molar-refractivity contribution is 0.132. The lowest BCUT2D eigenvalue weighted by Crippen LogP contribution is -2.41. The Bertz CT molecular complexity index is 525. The van der Waals surface area contributed by atoms with Gasteiger partial charge in [-0.15, -0.1) is 0 Å². The van der Waals surface area contributed by atoms with Crippen LogP contribution in [-0.4, -0.2) is 26.3 Å². The molecule has 1 aliphatic carbocycles.